The van der Waals surface area contributed by atoms with Crippen LogP contribution in [0.3, 0.4) is 0 Å². The number of Topliss-reactive ketones (excluding diaryl/α,β-unsaturated/α-hetero) is 1. The molecule has 0 saturated carbocycles. The van der Waals surface area contributed by atoms with Crippen molar-refractivity contribution in [3.8, 4) is 0 Å². The van der Waals surface area contributed by atoms with Gasteiger partial charge in [0.15, 0.2) is 5.78 Å². The first kappa shape index (κ1) is 13.7. The number of rotatable bonds is 6. The van der Waals surface area contributed by atoms with Crippen LogP contribution in [0.4, 0.5) is 0 Å². The van der Waals surface area contributed by atoms with Crippen LogP contribution in [-0.4, -0.2) is 17.3 Å². The topological polar surface area (TPSA) is 56.0 Å². The van der Waals surface area contributed by atoms with Gasteiger partial charge in [-0.15, -0.1) is 0 Å². The number of hydrogen-bond donors (Lipinski definition) is 1. The quantitative estimate of drug-likeness (QED) is 0.807. The number of nitrogens with two attached hydrogens (primary N) is 1. The van der Waals surface area contributed by atoms with E-state index in [-0.39, 0.29) is 5.78 Å². The Morgan fingerprint density at radius 3 is 2.95 bits per heavy atom. The molecule has 2 rings (SSSR count). The smallest absolute Gasteiger partial charge is 0.162 e. The van der Waals surface area contributed by atoms with E-state index >= 15 is 0 Å². The molecule has 1 aromatic heterocycles. The summed E-state index contributed by atoms with van der Waals surface area (Å²) in [5, 5.41) is 1.02. The van der Waals surface area contributed by atoms with Gasteiger partial charge in [-0.05, 0) is 49.6 Å². The van der Waals surface area contributed by atoms with Gasteiger partial charge in [0.2, 0.25) is 0 Å². The maximum absolute atomic E-state index is 12.1. The first-order chi connectivity index (χ1) is 9.20. The van der Waals surface area contributed by atoms with E-state index in [2.05, 4.69) is 11.9 Å². The molecule has 0 bridgehead atoms. The monoisotopic (exact) mass is 256 g/mol. The van der Waals surface area contributed by atoms with Gasteiger partial charge in [0.25, 0.3) is 0 Å². The van der Waals surface area contributed by atoms with Crippen LogP contribution < -0.4 is 5.73 Å². The molecule has 0 amide bonds. The molecule has 3 heteroatoms. The lowest BCUT2D eigenvalue weighted by atomic mass is 9.97. The molecule has 3 nitrogen and oxygen atoms in total. The van der Waals surface area contributed by atoms with Crippen LogP contribution in [0.1, 0.15) is 36.5 Å². The fraction of sp³-hybridized carbons (Fsp3) is 0.375. The van der Waals surface area contributed by atoms with Crippen molar-refractivity contribution < 1.29 is 4.79 Å². The van der Waals surface area contributed by atoms with Crippen molar-refractivity contribution in [1.82, 2.24) is 4.98 Å². The van der Waals surface area contributed by atoms with Gasteiger partial charge in [-0.1, -0.05) is 13.0 Å². The molecule has 1 unspecified atom stereocenters. The lowest BCUT2D eigenvalue weighted by molar-refractivity contribution is 0.0974. The fourth-order valence-corrected chi connectivity index (χ4v) is 2.20. The van der Waals surface area contributed by atoms with Crippen LogP contribution in [-0.2, 0) is 0 Å². The molecule has 2 aromatic rings. The highest BCUT2D eigenvalue weighted by Crippen LogP contribution is 2.17. The van der Waals surface area contributed by atoms with Crippen molar-refractivity contribution in [3.63, 3.8) is 0 Å². The third-order valence-corrected chi connectivity index (χ3v) is 3.45. The Morgan fingerprint density at radius 1 is 1.32 bits per heavy atom. The number of hydrogen-bond acceptors (Lipinski definition) is 3. The second kappa shape index (κ2) is 6.43. The standard InChI is InChI=1S/C16H20N2O/c1-12(8-9-17)4-7-16(19)14-5-6-15-13(11-14)3-2-10-18-15/h2-3,5-6,10-12H,4,7-9,17H2,1H3. The van der Waals surface area contributed by atoms with Gasteiger partial charge in [-0.25, -0.2) is 0 Å². The van der Waals surface area contributed by atoms with Gasteiger partial charge in [0.05, 0.1) is 5.52 Å². The zero-order chi connectivity index (χ0) is 13.7. The van der Waals surface area contributed by atoms with Gasteiger partial charge >= 0.3 is 0 Å². The maximum Gasteiger partial charge on any atom is 0.162 e. The summed E-state index contributed by atoms with van der Waals surface area (Å²) in [4.78, 5) is 16.4. The summed E-state index contributed by atoms with van der Waals surface area (Å²) in [6.45, 7) is 2.83. The second-order valence-electron chi connectivity index (χ2n) is 5.06. The van der Waals surface area contributed by atoms with E-state index in [0.29, 0.717) is 18.9 Å². The number of aromatic nitrogens is 1. The zero-order valence-electron chi connectivity index (χ0n) is 11.3. The van der Waals surface area contributed by atoms with Crippen LogP contribution in [0.15, 0.2) is 36.5 Å². The van der Waals surface area contributed by atoms with Crippen LogP contribution in [0.5, 0.6) is 0 Å². The number of carbonyl (C=O) groups excluding carboxylic acids is 1. The highest BCUT2D eigenvalue weighted by Gasteiger charge is 2.09. The molecule has 0 radical (unpaired) electrons. The molecular formula is C16H20N2O. The Balaban J connectivity index is 2.05. The van der Waals surface area contributed by atoms with Gasteiger partial charge in [0.1, 0.15) is 0 Å². The Labute approximate surface area is 113 Å². The van der Waals surface area contributed by atoms with Gasteiger partial charge in [-0.2, -0.15) is 0 Å². The van der Waals surface area contributed by atoms with Crippen molar-refractivity contribution in [3.05, 3.63) is 42.1 Å². The summed E-state index contributed by atoms with van der Waals surface area (Å²) < 4.78 is 0. The molecule has 100 valence electrons. The molecule has 1 atom stereocenters. The molecule has 0 saturated heterocycles. The number of benzene rings is 1. The van der Waals surface area contributed by atoms with Crippen molar-refractivity contribution in [2.75, 3.05) is 6.54 Å². The largest absolute Gasteiger partial charge is 0.330 e. The van der Waals surface area contributed by atoms with Crippen LogP contribution in [0.2, 0.25) is 0 Å². The summed E-state index contributed by atoms with van der Waals surface area (Å²) in [5.41, 5.74) is 7.22. The van der Waals surface area contributed by atoms with Gasteiger partial charge in [-0.3, -0.25) is 9.78 Å². The third kappa shape index (κ3) is 3.61. The zero-order valence-corrected chi connectivity index (χ0v) is 11.3. The number of nitrogens with zero attached hydrogens (tertiary/aromatic N) is 1. The first-order valence-electron chi connectivity index (χ1n) is 6.78. The first-order valence-corrected chi connectivity index (χ1v) is 6.78. The number of pyridine rings is 1. The third-order valence-electron chi connectivity index (χ3n) is 3.45. The Hall–Kier alpha value is -1.74. The normalized spacial score (nSPS) is 12.5. The highest BCUT2D eigenvalue weighted by molar-refractivity contribution is 5.99. The van der Waals surface area contributed by atoms with Crippen molar-refractivity contribution in [2.24, 2.45) is 11.7 Å². The molecule has 0 fully saturated rings. The van der Waals surface area contributed by atoms with E-state index in [0.717, 1.165) is 29.3 Å². The predicted molar refractivity (Wildman–Crippen MR) is 78.1 cm³/mol. The van der Waals surface area contributed by atoms with E-state index in [1.54, 1.807) is 6.20 Å². The summed E-state index contributed by atoms with van der Waals surface area (Å²) in [6, 6.07) is 9.57. The summed E-state index contributed by atoms with van der Waals surface area (Å²) in [7, 11) is 0. The van der Waals surface area contributed by atoms with Crippen molar-refractivity contribution in [2.45, 2.75) is 26.2 Å². The molecule has 0 aliphatic heterocycles. The maximum atomic E-state index is 12.1. The average molecular weight is 256 g/mol. The van der Waals surface area contributed by atoms with Gasteiger partial charge in [0, 0.05) is 23.6 Å². The number of ketones is 1. The van der Waals surface area contributed by atoms with E-state index in [1.807, 2.05) is 30.3 Å². The predicted octanol–water partition coefficient (Wildman–Crippen LogP) is 3.18. The number of carbonyl (C=O) groups is 1. The molecule has 0 aliphatic rings. The van der Waals surface area contributed by atoms with Crippen LogP contribution >= 0.6 is 0 Å². The summed E-state index contributed by atoms with van der Waals surface area (Å²) in [5.74, 6) is 0.714. The molecule has 19 heavy (non-hydrogen) atoms. The van der Waals surface area contributed by atoms with Crippen molar-refractivity contribution in [1.29, 1.82) is 0 Å². The van der Waals surface area contributed by atoms with E-state index < -0.39 is 0 Å². The molecule has 1 aromatic carbocycles. The minimum atomic E-state index is 0.203. The van der Waals surface area contributed by atoms with E-state index in [9.17, 15) is 4.79 Å². The minimum Gasteiger partial charge on any atom is -0.330 e. The Morgan fingerprint density at radius 2 is 2.16 bits per heavy atom. The van der Waals surface area contributed by atoms with Gasteiger partial charge < -0.3 is 5.73 Å². The second-order valence-corrected chi connectivity index (χ2v) is 5.06. The Bertz CT molecular complexity index is 565. The number of fused-ring (bicyclic) bond motifs is 1. The SMILES string of the molecule is CC(CCN)CCC(=O)c1ccc2ncccc2c1. The molecule has 2 N–H and O–H groups in total. The highest BCUT2D eigenvalue weighted by atomic mass is 16.1. The molecule has 0 spiro atoms. The summed E-state index contributed by atoms with van der Waals surface area (Å²) in [6.07, 6.45) is 4.24. The Kier molecular flexibility index (Phi) is 4.63. The van der Waals surface area contributed by atoms with E-state index in [4.69, 9.17) is 5.73 Å². The minimum absolute atomic E-state index is 0.203. The summed E-state index contributed by atoms with van der Waals surface area (Å²) >= 11 is 0. The van der Waals surface area contributed by atoms with Crippen LogP contribution in [0.25, 0.3) is 10.9 Å². The molecule has 0 aliphatic carbocycles. The lowest BCUT2D eigenvalue weighted by Crippen LogP contribution is -2.08. The molecule has 1 heterocycles. The lowest BCUT2D eigenvalue weighted by Gasteiger charge is -2.09. The van der Waals surface area contributed by atoms with Crippen LogP contribution in [0, 0.1) is 5.92 Å². The van der Waals surface area contributed by atoms with Crippen molar-refractivity contribution >= 4 is 16.7 Å². The average Bonchev–Trinajstić information content (AvgIpc) is 2.44. The molecular weight excluding hydrogens is 236 g/mol. The fourth-order valence-electron chi connectivity index (χ4n) is 2.20. The van der Waals surface area contributed by atoms with E-state index in [1.165, 1.54) is 0 Å².